The molecule has 0 aliphatic rings. The molecule has 0 unspecified atom stereocenters. The van der Waals surface area contributed by atoms with E-state index in [1.807, 2.05) is 0 Å². The van der Waals surface area contributed by atoms with Crippen LogP contribution in [0.15, 0.2) is 58.3 Å². The van der Waals surface area contributed by atoms with Crippen LogP contribution in [-0.4, -0.2) is 47.6 Å². The van der Waals surface area contributed by atoms with Gasteiger partial charge >= 0.3 is 0 Å². The van der Waals surface area contributed by atoms with E-state index in [1.165, 1.54) is 62.7 Å². The second-order valence-electron chi connectivity index (χ2n) is 5.38. The zero-order valence-corrected chi connectivity index (χ0v) is 16.0. The standard InChI is InChI=1S/C16H18N2O6S2/c1-18(24-2)26(22,23)15-9-4-6-12(10-15)16(19)17-13-7-5-8-14(11-13)25(3,20)21/h4-11H,1-3H3,(H,17,19). The first-order chi connectivity index (χ1) is 12.1. The molecule has 2 aromatic rings. The molecular weight excluding hydrogens is 380 g/mol. The second-order valence-corrected chi connectivity index (χ2v) is 9.33. The van der Waals surface area contributed by atoms with Crippen LogP contribution in [0.1, 0.15) is 10.4 Å². The molecule has 0 spiro atoms. The number of sulfone groups is 1. The van der Waals surface area contributed by atoms with E-state index in [4.69, 9.17) is 4.84 Å². The quantitative estimate of drug-likeness (QED) is 0.739. The summed E-state index contributed by atoms with van der Waals surface area (Å²) in [4.78, 5) is 17.0. The Labute approximate surface area is 152 Å². The van der Waals surface area contributed by atoms with Crippen molar-refractivity contribution in [2.24, 2.45) is 0 Å². The summed E-state index contributed by atoms with van der Waals surface area (Å²) in [7, 11) is -4.86. The third-order valence-corrected chi connectivity index (χ3v) is 6.30. The average molecular weight is 398 g/mol. The molecule has 1 N–H and O–H groups in total. The summed E-state index contributed by atoms with van der Waals surface area (Å²) >= 11 is 0. The summed E-state index contributed by atoms with van der Waals surface area (Å²) in [6, 6.07) is 11.2. The Morgan fingerprint density at radius 2 is 1.62 bits per heavy atom. The normalized spacial score (nSPS) is 12.2. The molecule has 0 radical (unpaired) electrons. The van der Waals surface area contributed by atoms with Gasteiger partial charge in [0.1, 0.15) is 0 Å². The first kappa shape index (κ1) is 20.0. The molecule has 0 aliphatic heterocycles. The van der Waals surface area contributed by atoms with E-state index in [2.05, 4.69) is 5.32 Å². The molecule has 26 heavy (non-hydrogen) atoms. The molecule has 0 heterocycles. The molecule has 140 valence electrons. The number of amides is 1. The van der Waals surface area contributed by atoms with Crippen molar-refractivity contribution in [1.82, 2.24) is 4.47 Å². The van der Waals surface area contributed by atoms with Crippen LogP contribution in [0.25, 0.3) is 0 Å². The molecule has 0 aromatic heterocycles. The largest absolute Gasteiger partial charge is 0.322 e. The highest BCUT2D eigenvalue weighted by Gasteiger charge is 2.22. The number of rotatable bonds is 6. The van der Waals surface area contributed by atoms with Crippen LogP contribution in [0.4, 0.5) is 5.69 Å². The molecule has 10 heteroatoms. The van der Waals surface area contributed by atoms with Gasteiger partial charge in [0.2, 0.25) is 0 Å². The number of carbonyl (C=O) groups is 1. The van der Waals surface area contributed by atoms with Gasteiger partial charge in [-0.15, -0.1) is 0 Å². The molecule has 0 saturated carbocycles. The van der Waals surface area contributed by atoms with E-state index in [-0.39, 0.29) is 21.0 Å². The van der Waals surface area contributed by atoms with Crippen molar-refractivity contribution in [3.05, 3.63) is 54.1 Å². The summed E-state index contributed by atoms with van der Waals surface area (Å²) < 4.78 is 48.4. The van der Waals surface area contributed by atoms with Crippen LogP contribution in [0.3, 0.4) is 0 Å². The zero-order chi connectivity index (χ0) is 19.5. The van der Waals surface area contributed by atoms with Crippen molar-refractivity contribution >= 4 is 31.5 Å². The van der Waals surface area contributed by atoms with Gasteiger partial charge in [0.15, 0.2) is 9.84 Å². The van der Waals surface area contributed by atoms with Gasteiger partial charge in [0.25, 0.3) is 15.9 Å². The maximum Gasteiger partial charge on any atom is 0.264 e. The monoisotopic (exact) mass is 398 g/mol. The maximum atomic E-state index is 12.4. The third kappa shape index (κ3) is 4.47. The minimum Gasteiger partial charge on any atom is -0.322 e. The summed E-state index contributed by atoms with van der Waals surface area (Å²) in [6.45, 7) is 0. The molecule has 0 saturated heterocycles. The second kappa shape index (κ2) is 7.54. The molecule has 0 atom stereocenters. The predicted molar refractivity (Wildman–Crippen MR) is 95.9 cm³/mol. The fourth-order valence-corrected chi connectivity index (χ4v) is 3.74. The summed E-state index contributed by atoms with van der Waals surface area (Å²) in [5.41, 5.74) is 0.375. The van der Waals surface area contributed by atoms with Gasteiger partial charge in [-0.05, 0) is 36.4 Å². The van der Waals surface area contributed by atoms with Gasteiger partial charge in [-0.2, -0.15) is 0 Å². The lowest BCUT2D eigenvalue weighted by atomic mass is 10.2. The van der Waals surface area contributed by atoms with Crippen molar-refractivity contribution in [3.63, 3.8) is 0 Å². The first-order valence-corrected chi connectivity index (χ1v) is 10.6. The third-order valence-electron chi connectivity index (χ3n) is 3.51. The Kier molecular flexibility index (Phi) is 5.81. The molecular formula is C16H18N2O6S2. The van der Waals surface area contributed by atoms with Gasteiger partial charge in [0.05, 0.1) is 16.9 Å². The molecule has 8 nitrogen and oxygen atoms in total. The average Bonchev–Trinajstić information content (AvgIpc) is 2.60. The lowest BCUT2D eigenvalue weighted by Crippen LogP contribution is -2.26. The molecule has 1 amide bonds. The summed E-state index contributed by atoms with van der Waals surface area (Å²) in [5.74, 6) is -0.576. The van der Waals surface area contributed by atoms with E-state index < -0.39 is 25.8 Å². The SMILES string of the molecule is CON(C)S(=O)(=O)c1cccc(C(=O)Nc2cccc(S(C)(=O)=O)c2)c1. The van der Waals surface area contributed by atoms with Crippen molar-refractivity contribution in [1.29, 1.82) is 0 Å². The smallest absolute Gasteiger partial charge is 0.264 e. The maximum absolute atomic E-state index is 12.4. The van der Waals surface area contributed by atoms with E-state index in [9.17, 15) is 21.6 Å². The van der Waals surface area contributed by atoms with Crippen LogP contribution < -0.4 is 5.32 Å². The van der Waals surface area contributed by atoms with Crippen LogP contribution in [0.5, 0.6) is 0 Å². The van der Waals surface area contributed by atoms with E-state index in [1.54, 1.807) is 0 Å². The number of carbonyl (C=O) groups excluding carboxylic acids is 1. The highest BCUT2D eigenvalue weighted by Crippen LogP contribution is 2.19. The van der Waals surface area contributed by atoms with Gasteiger partial charge in [0, 0.05) is 24.6 Å². The molecule has 2 aromatic carbocycles. The number of anilines is 1. The number of hydroxylamine groups is 1. The molecule has 2 rings (SSSR count). The number of hydrogen-bond donors (Lipinski definition) is 1. The Hall–Kier alpha value is -2.27. The highest BCUT2D eigenvalue weighted by atomic mass is 32.2. The molecule has 0 aliphatic carbocycles. The van der Waals surface area contributed by atoms with Gasteiger partial charge in [-0.1, -0.05) is 16.6 Å². The Morgan fingerprint density at radius 1 is 1.00 bits per heavy atom. The fraction of sp³-hybridized carbons (Fsp3) is 0.188. The first-order valence-electron chi connectivity index (χ1n) is 7.30. The Bertz CT molecular complexity index is 1030. The minimum atomic E-state index is -3.89. The number of hydrogen-bond acceptors (Lipinski definition) is 6. The summed E-state index contributed by atoms with van der Waals surface area (Å²) in [6.07, 6.45) is 1.06. The lowest BCUT2D eigenvalue weighted by Gasteiger charge is -2.14. The van der Waals surface area contributed by atoms with Crippen LogP contribution in [-0.2, 0) is 24.7 Å². The van der Waals surface area contributed by atoms with Crippen molar-refractivity contribution in [3.8, 4) is 0 Å². The number of benzene rings is 2. The van der Waals surface area contributed by atoms with Crippen LogP contribution in [0.2, 0.25) is 0 Å². The highest BCUT2D eigenvalue weighted by molar-refractivity contribution is 7.90. The Morgan fingerprint density at radius 3 is 2.23 bits per heavy atom. The zero-order valence-electron chi connectivity index (χ0n) is 14.3. The van der Waals surface area contributed by atoms with E-state index in [0.717, 1.165) is 6.26 Å². The van der Waals surface area contributed by atoms with Gasteiger partial charge in [-0.25, -0.2) is 16.8 Å². The molecule has 0 fully saturated rings. The lowest BCUT2D eigenvalue weighted by molar-refractivity contribution is -0.0258. The van der Waals surface area contributed by atoms with E-state index in [0.29, 0.717) is 4.47 Å². The number of nitrogens with one attached hydrogen (secondary N) is 1. The topological polar surface area (TPSA) is 110 Å². The number of sulfonamides is 1. The fourth-order valence-electron chi connectivity index (χ4n) is 2.05. The van der Waals surface area contributed by atoms with Crippen LogP contribution in [0, 0.1) is 0 Å². The molecule has 0 bridgehead atoms. The predicted octanol–water partition coefficient (Wildman–Crippen LogP) is 1.52. The van der Waals surface area contributed by atoms with Gasteiger partial charge < -0.3 is 5.32 Å². The Balaban J connectivity index is 2.31. The van der Waals surface area contributed by atoms with Crippen molar-refractivity contribution < 1.29 is 26.5 Å². The van der Waals surface area contributed by atoms with E-state index >= 15 is 0 Å². The minimum absolute atomic E-state index is 0.0633. The van der Waals surface area contributed by atoms with Gasteiger partial charge in [-0.3, -0.25) is 9.63 Å². The summed E-state index contributed by atoms with van der Waals surface area (Å²) in [5, 5.41) is 2.55. The van der Waals surface area contributed by atoms with Crippen molar-refractivity contribution in [2.75, 3.05) is 25.7 Å². The van der Waals surface area contributed by atoms with Crippen LogP contribution >= 0.6 is 0 Å². The number of nitrogens with zero attached hydrogens (tertiary/aromatic N) is 1. The van der Waals surface area contributed by atoms with Crippen molar-refractivity contribution in [2.45, 2.75) is 9.79 Å².